The van der Waals surface area contributed by atoms with Gasteiger partial charge in [-0.25, -0.2) is 5.43 Å². The number of carbonyl (C=O) groups is 1. The fourth-order valence-electron chi connectivity index (χ4n) is 4.70. The summed E-state index contributed by atoms with van der Waals surface area (Å²) >= 11 is 0. The number of fused-ring (bicyclic) bond motifs is 1. The van der Waals surface area contributed by atoms with E-state index in [0.29, 0.717) is 11.6 Å². The van der Waals surface area contributed by atoms with E-state index < -0.39 is 0 Å². The van der Waals surface area contributed by atoms with E-state index in [1.54, 1.807) is 38.7 Å². The lowest BCUT2D eigenvalue weighted by Crippen LogP contribution is -2.44. The van der Waals surface area contributed by atoms with Crippen LogP contribution in [0.4, 0.5) is 0 Å². The summed E-state index contributed by atoms with van der Waals surface area (Å²) in [6.07, 6.45) is 8.10. The number of benzene rings is 1. The SMILES string of the molecule is COc1ccc(C[C@@]23CCN[C@H]2CC(=NNC(=O)c2cccnc2)CC3)cc1OC. The molecule has 7 nitrogen and oxygen atoms in total. The van der Waals surface area contributed by atoms with E-state index in [9.17, 15) is 4.79 Å². The molecule has 1 aliphatic heterocycles. The number of ether oxygens (including phenoxy) is 2. The van der Waals surface area contributed by atoms with Gasteiger partial charge in [-0.05, 0) is 67.5 Å². The molecule has 30 heavy (non-hydrogen) atoms. The molecule has 158 valence electrons. The van der Waals surface area contributed by atoms with Crippen LogP contribution in [-0.2, 0) is 6.42 Å². The monoisotopic (exact) mass is 408 g/mol. The van der Waals surface area contributed by atoms with Crippen LogP contribution in [-0.4, -0.2) is 43.4 Å². The molecule has 1 aromatic heterocycles. The van der Waals surface area contributed by atoms with Crippen molar-refractivity contribution >= 4 is 11.6 Å². The highest BCUT2D eigenvalue weighted by Crippen LogP contribution is 2.45. The van der Waals surface area contributed by atoms with E-state index >= 15 is 0 Å². The fraction of sp³-hybridized carbons (Fsp3) is 0.435. The van der Waals surface area contributed by atoms with Crippen LogP contribution < -0.4 is 20.2 Å². The maximum absolute atomic E-state index is 12.2. The van der Waals surface area contributed by atoms with Gasteiger partial charge in [0.2, 0.25) is 0 Å². The molecule has 0 spiro atoms. The Morgan fingerprint density at radius 3 is 2.90 bits per heavy atom. The molecule has 2 heterocycles. The minimum atomic E-state index is -0.225. The Morgan fingerprint density at radius 1 is 1.27 bits per heavy atom. The largest absolute Gasteiger partial charge is 0.493 e. The van der Waals surface area contributed by atoms with Crippen molar-refractivity contribution in [3.05, 3.63) is 53.9 Å². The van der Waals surface area contributed by atoms with Crippen molar-refractivity contribution < 1.29 is 14.3 Å². The molecule has 1 aliphatic carbocycles. The Bertz CT molecular complexity index is 931. The van der Waals surface area contributed by atoms with Gasteiger partial charge in [0, 0.05) is 30.6 Å². The summed E-state index contributed by atoms with van der Waals surface area (Å²) < 4.78 is 10.8. The molecule has 2 atom stereocenters. The number of nitrogens with one attached hydrogen (secondary N) is 2. The Kier molecular flexibility index (Phi) is 5.99. The van der Waals surface area contributed by atoms with E-state index in [1.807, 2.05) is 6.07 Å². The van der Waals surface area contributed by atoms with Gasteiger partial charge in [-0.2, -0.15) is 5.10 Å². The third-order valence-electron chi connectivity index (χ3n) is 6.35. The van der Waals surface area contributed by atoms with Gasteiger partial charge in [0.1, 0.15) is 0 Å². The summed E-state index contributed by atoms with van der Waals surface area (Å²) in [5, 5.41) is 8.08. The summed E-state index contributed by atoms with van der Waals surface area (Å²) in [5.74, 6) is 1.30. The van der Waals surface area contributed by atoms with Crippen LogP contribution in [0.2, 0.25) is 0 Å². The highest BCUT2D eigenvalue weighted by Gasteiger charge is 2.45. The topological polar surface area (TPSA) is 84.8 Å². The van der Waals surface area contributed by atoms with Crippen LogP contribution in [0.3, 0.4) is 0 Å². The molecule has 2 aromatic rings. The normalized spacial score (nSPS) is 24.3. The van der Waals surface area contributed by atoms with Gasteiger partial charge in [0.05, 0.1) is 19.8 Å². The summed E-state index contributed by atoms with van der Waals surface area (Å²) in [4.78, 5) is 16.2. The number of carbonyl (C=O) groups excluding carboxylic acids is 1. The number of methoxy groups -OCH3 is 2. The Morgan fingerprint density at radius 2 is 2.13 bits per heavy atom. The van der Waals surface area contributed by atoms with Crippen LogP contribution in [0, 0.1) is 5.41 Å². The predicted octanol–water partition coefficient (Wildman–Crippen LogP) is 2.96. The Balaban J connectivity index is 1.44. The average Bonchev–Trinajstić information content (AvgIpc) is 3.20. The first-order valence-corrected chi connectivity index (χ1v) is 10.3. The van der Waals surface area contributed by atoms with E-state index in [1.165, 1.54) is 5.56 Å². The minimum Gasteiger partial charge on any atom is -0.493 e. The third-order valence-corrected chi connectivity index (χ3v) is 6.35. The number of hydrogen-bond donors (Lipinski definition) is 2. The van der Waals surface area contributed by atoms with E-state index in [4.69, 9.17) is 9.47 Å². The summed E-state index contributed by atoms with van der Waals surface area (Å²) in [6.45, 7) is 1.01. The zero-order chi connectivity index (χ0) is 21.0. The van der Waals surface area contributed by atoms with Crippen molar-refractivity contribution in [3.8, 4) is 11.5 Å². The standard InChI is InChI=1S/C23H28N4O3/c1-29-19-6-5-16(12-20(19)30-2)14-23-8-7-18(13-21(23)25-11-9-23)26-27-22(28)17-4-3-10-24-15-17/h3-6,10,12,15,21,25H,7-9,11,13-14H2,1-2H3,(H,27,28)/t21-,23+/m0/s1. The lowest BCUT2D eigenvalue weighted by Gasteiger charge is -2.40. The molecular formula is C23H28N4O3. The second-order valence-electron chi connectivity index (χ2n) is 8.05. The number of rotatable bonds is 6. The number of nitrogens with zero attached hydrogens (tertiary/aromatic N) is 2. The van der Waals surface area contributed by atoms with E-state index in [2.05, 4.69) is 33.0 Å². The smallest absolute Gasteiger partial charge is 0.272 e. The summed E-state index contributed by atoms with van der Waals surface area (Å²) in [7, 11) is 3.32. The summed E-state index contributed by atoms with van der Waals surface area (Å²) in [5.41, 5.74) is 5.70. The second kappa shape index (κ2) is 8.83. The first-order chi connectivity index (χ1) is 14.6. The molecule has 2 N–H and O–H groups in total. The van der Waals surface area contributed by atoms with Gasteiger partial charge >= 0.3 is 0 Å². The van der Waals surface area contributed by atoms with E-state index in [0.717, 1.165) is 55.9 Å². The Labute approximate surface area is 176 Å². The molecule has 0 bridgehead atoms. The van der Waals surface area contributed by atoms with Crippen LogP contribution in [0.1, 0.15) is 41.6 Å². The third kappa shape index (κ3) is 4.16. The molecule has 2 aliphatic rings. The van der Waals surface area contributed by atoms with Crippen LogP contribution in [0.5, 0.6) is 11.5 Å². The molecule has 4 rings (SSSR count). The van der Waals surface area contributed by atoms with Crippen LogP contribution >= 0.6 is 0 Å². The minimum absolute atomic E-state index is 0.200. The number of pyridine rings is 1. The maximum Gasteiger partial charge on any atom is 0.272 e. The van der Waals surface area contributed by atoms with Crippen molar-refractivity contribution in [2.75, 3.05) is 20.8 Å². The molecule has 1 saturated carbocycles. The zero-order valence-corrected chi connectivity index (χ0v) is 17.5. The molecule has 1 saturated heterocycles. The van der Waals surface area contributed by atoms with Crippen LogP contribution in [0.25, 0.3) is 0 Å². The first kappa shape index (κ1) is 20.3. The number of hydrogen-bond acceptors (Lipinski definition) is 6. The number of aromatic nitrogens is 1. The number of amides is 1. The van der Waals surface area contributed by atoms with Crippen molar-refractivity contribution in [2.45, 2.75) is 38.1 Å². The molecule has 0 unspecified atom stereocenters. The fourth-order valence-corrected chi connectivity index (χ4v) is 4.70. The highest BCUT2D eigenvalue weighted by molar-refractivity contribution is 5.95. The van der Waals surface area contributed by atoms with Gasteiger partial charge in [0.15, 0.2) is 11.5 Å². The van der Waals surface area contributed by atoms with Gasteiger partial charge in [0.25, 0.3) is 5.91 Å². The van der Waals surface area contributed by atoms with Crippen molar-refractivity contribution in [1.82, 2.24) is 15.7 Å². The van der Waals surface area contributed by atoms with Crippen LogP contribution in [0.15, 0.2) is 47.8 Å². The van der Waals surface area contributed by atoms with Gasteiger partial charge in [-0.15, -0.1) is 0 Å². The summed E-state index contributed by atoms with van der Waals surface area (Å²) in [6, 6.07) is 10.0. The Hall–Kier alpha value is -2.93. The van der Waals surface area contributed by atoms with E-state index in [-0.39, 0.29) is 11.3 Å². The van der Waals surface area contributed by atoms with Crippen molar-refractivity contribution in [2.24, 2.45) is 10.5 Å². The van der Waals surface area contributed by atoms with Crippen molar-refractivity contribution in [3.63, 3.8) is 0 Å². The predicted molar refractivity (Wildman–Crippen MR) is 115 cm³/mol. The van der Waals surface area contributed by atoms with Gasteiger partial charge < -0.3 is 14.8 Å². The zero-order valence-electron chi connectivity index (χ0n) is 17.5. The van der Waals surface area contributed by atoms with Gasteiger partial charge in [-0.3, -0.25) is 9.78 Å². The molecule has 2 fully saturated rings. The average molecular weight is 409 g/mol. The molecular weight excluding hydrogens is 380 g/mol. The van der Waals surface area contributed by atoms with Gasteiger partial charge in [-0.1, -0.05) is 6.07 Å². The first-order valence-electron chi connectivity index (χ1n) is 10.3. The van der Waals surface area contributed by atoms with Crippen molar-refractivity contribution in [1.29, 1.82) is 0 Å². The molecule has 1 aromatic carbocycles. The lowest BCUT2D eigenvalue weighted by atomic mass is 9.67. The molecule has 7 heteroatoms. The lowest BCUT2D eigenvalue weighted by molar-refractivity contribution is 0.0954. The highest BCUT2D eigenvalue weighted by atomic mass is 16.5. The molecule has 1 amide bonds. The molecule has 0 radical (unpaired) electrons. The quantitative estimate of drug-likeness (QED) is 0.718. The maximum atomic E-state index is 12.2. The number of hydrazone groups is 1. The second-order valence-corrected chi connectivity index (χ2v) is 8.05.